The summed E-state index contributed by atoms with van der Waals surface area (Å²) in [4.78, 5) is 32.6. The van der Waals surface area contributed by atoms with Crippen molar-refractivity contribution in [3.63, 3.8) is 0 Å². The number of methoxy groups -OCH3 is 2. The number of anilines is 1. The van der Waals surface area contributed by atoms with E-state index < -0.39 is 29.3 Å². The lowest BCUT2D eigenvalue weighted by molar-refractivity contribution is -0.117. The number of ketones is 1. The van der Waals surface area contributed by atoms with Gasteiger partial charge in [0.15, 0.2) is 28.1 Å². The van der Waals surface area contributed by atoms with E-state index in [0.717, 1.165) is 11.3 Å². The summed E-state index contributed by atoms with van der Waals surface area (Å²) in [7, 11) is 2.90. The van der Waals surface area contributed by atoms with Crippen molar-refractivity contribution in [2.24, 2.45) is 0 Å². The van der Waals surface area contributed by atoms with Crippen LogP contribution in [0.3, 0.4) is 0 Å². The van der Waals surface area contributed by atoms with Gasteiger partial charge in [-0.05, 0) is 43.3 Å². The minimum absolute atomic E-state index is 0.0306. The van der Waals surface area contributed by atoms with Crippen molar-refractivity contribution in [2.45, 2.75) is 13.0 Å². The highest BCUT2D eigenvalue weighted by molar-refractivity contribution is 7.22. The first kappa shape index (κ1) is 22.6. The molecular formula is C25H19FN2O6S. The maximum Gasteiger partial charge on any atom is 0.296 e. The van der Waals surface area contributed by atoms with Gasteiger partial charge in [-0.1, -0.05) is 23.5 Å². The third-order valence-electron chi connectivity index (χ3n) is 5.69. The van der Waals surface area contributed by atoms with Crippen LogP contribution in [0.25, 0.3) is 10.2 Å². The van der Waals surface area contributed by atoms with Gasteiger partial charge in [-0.15, -0.1) is 0 Å². The van der Waals surface area contributed by atoms with E-state index in [0.29, 0.717) is 27.3 Å². The van der Waals surface area contributed by atoms with Gasteiger partial charge in [-0.25, -0.2) is 9.37 Å². The number of aryl methyl sites for hydroxylation is 1. The highest BCUT2D eigenvalue weighted by Crippen LogP contribution is 2.48. The van der Waals surface area contributed by atoms with E-state index in [1.165, 1.54) is 43.4 Å². The van der Waals surface area contributed by atoms with Gasteiger partial charge in [0.25, 0.3) is 5.91 Å². The number of ether oxygens (including phenoxy) is 2. The molecule has 1 atom stereocenters. The Hall–Kier alpha value is -4.18. The van der Waals surface area contributed by atoms with Crippen molar-refractivity contribution in [3.8, 4) is 11.5 Å². The normalized spacial score (nSPS) is 15.8. The third-order valence-corrected chi connectivity index (χ3v) is 6.71. The number of furan rings is 1. The van der Waals surface area contributed by atoms with Gasteiger partial charge in [0, 0.05) is 5.56 Å². The first-order valence-corrected chi connectivity index (χ1v) is 11.3. The van der Waals surface area contributed by atoms with Crippen LogP contribution in [0.2, 0.25) is 0 Å². The highest BCUT2D eigenvalue weighted by atomic mass is 32.1. The fourth-order valence-electron chi connectivity index (χ4n) is 4.13. The standard InChI is InChI=1S/C25H19FN2O6S/c1-12-7-10-16(34-12)21(29)19-20(14-5-4-6-17(32-2)23(14)33-3)28(24(31)22(19)30)25-27-15-9-8-13(26)11-18(15)35-25/h4-11,20,30H,1-3H3. The van der Waals surface area contributed by atoms with Gasteiger partial charge < -0.3 is 19.0 Å². The lowest BCUT2D eigenvalue weighted by atomic mass is 9.94. The van der Waals surface area contributed by atoms with Crippen LogP contribution in [0.4, 0.5) is 9.52 Å². The minimum Gasteiger partial charge on any atom is -0.503 e. The van der Waals surface area contributed by atoms with Crippen LogP contribution in [-0.2, 0) is 4.79 Å². The Kier molecular flexibility index (Phi) is 5.52. The molecule has 1 aliphatic heterocycles. The summed E-state index contributed by atoms with van der Waals surface area (Å²) in [6.07, 6.45) is 0. The summed E-state index contributed by atoms with van der Waals surface area (Å²) >= 11 is 1.06. The Bertz CT molecular complexity index is 1520. The molecule has 0 saturated heterocycles. The molecule has 1 N–H and O–H groups in total. The van der Waals surface area contributed by atoms with Crippen molar-refractivity contribution in [3.05, 3.63) is 82.8 Å². The zero-order valence-electron chi connectivity index (χ0n) is 18.9. The molecule has 4 aromatic rings. The summed E-state index contributed by atoms with van der Waals surface area (Å²) in [6.45, 7) is 1.68. The van der Waals surface area contributed by atoms with Gasteiger partial charge in [0.2, 0.25) is 5.78 Å². The van der Waals surface area contributed by atoms with E-state index in [1.54, 1.807) is 31.2 Å². The van der Waals surface area contributed by atoms with Crippen LogP contribution in [0.5, 0.6) is 11.5 Å². The van der Waals surface area contributed by atoms with Crippen LogP contribution in [-0.4, -0.2) is 36.0 Å². The Morgan fingerprint density at radius 1 is 1.17 bits per heavy atom. The molecule has 178 valence electrons. The van der Waals surface area contributed by atoms with Gasteiger partial charge in [-0.2, -0.15) is 0 Å². The number of aliphatic hydroxyl groups excluding tert-OH is 1. The summed E-state index contributed by atoms with van der Waals surface area (Å²) in [5, 5.41) is 11.1. The van der Waals surface area contributed by atoms with Crippen molar-refractivity contribution in [1.29, 1.82) is 0 Å². The number of fused-ring (bicyclic) bond motifs is 1. The summed E-state index contributed by atoms with van der Waals surface area (Å²) in [5.41, 5.74) is 0.666. The lowest BCUT2D eigenvalue weighted by Crippen LogP contribution is -2.31. The third kappa shape index (κ3) is 3.62. The fraction of sp³-hybridized carbons (Fsp3) is 0.160. The maximum atomic E-state index is 13.8. The minimum atomic E-state index is -1.11. The molecule has 0 saturated carbocycles. The van der Waals surface area contributed by atoms with Crippen molar-refractivity contribution >= 4 is 38.4 Å². The largest absolute Gasteiger partial charge is 0.503 e. The average Bonchev–Trinajstić information content (AvgIpc) is 3.53. The monoisotopic (exact) mass is 494 g/mol. The number of amides is 1. The van der Waals surface area contributed by atoms with Gasteiger partial charge in [0.1, 0.15) is 17.6 Å². The second-order valence-electron chi connectivity index (χ2n) is 7.77. The number of aromatic nitrogens is 1. The Morgan fingerprint density at radius 2 is 1.97 bits per heavy atom. The number of rotatable bonds is 6. The molecule has 1 amide bonds. The number of carbonyl (C=O) groups is 2. The van der Waals surface area contributed by atoms with Crippen LogP contribution in [0.15, 0.2) is 64.3 Å². The quantitative estimate of drug-likeness (QED) is 0.371. The lowest BCUT2D eigenvalue weighted by Gasteiger charge is -2.26. The predicted molar refractivity (Wildman–Crippen MR) is 127 cm³/mol. The smallest absolute Gasteiger partial charge is 0.296 e. The Labute approximate surface area is 202 Å². The number of aliphatic hydroxyl groups is 1. The fourth-order valence-corrected chi connectivity index (χ4v) is 5.15. The molecular weight excluding hydrogens is 475 g/mol. The molecule has 5 rings (SSSR count). The molecule has 10 heteroatoms. The number of thiazole rings is 1. The molecule has 2 aromatic carbocycles. The number of carbonyl (C=O) groups excluding carboxylic acids is 2. The SMILES string of the molecule is COc1cccc(C2C(C(=O)c3ccc(C)o3)=C(O)C(=O)N2c2nc3ccc(F)cc3s2)c1OC. The Balaban J connectivity index is 1.74. The number of halogens is 1. The van der Waals surface area contributed by atoms with Crippen molar-refractivity contribution < 1.29 is 33.0 Å². The number of para-hydroxylation sites is 1. The maximum absolute atomic E-state index is 13.8. The van der Waals surface area contributed by atoms with Crippen LogP contribution < -0.4 is 14.4 Å². The zero-order chi connectivity index (χ0) is 24.9. The molecule has 2 aromatic heterocycles. The van der Waals surface area contributed by atoms with E-state index in [4.69, 9.17) is 13.9 Å². The van der Waals surface area contributed by atoms with Gasteiger partial charge >= 0.3 is 0 Å². The van der Waals surface area contributed by atoms with E-state index in [1.807, 2.05) is 0 Å². The summed E-state index contributed by atoms with van der Waals surface area (Å²) in [6, 6.07) is 11.1. The second-order valence-corrected chi connectivity index (χ2v) is 8.78. The van der Waals surface area contributed by atoms with E-state index in [9.17, 15) is 19.1 Å². The second kappa shape index (κ2) is 8.55. The number of hydrogen-bond donors (Lipinski definition) is 1. The molecule has 8 nitrogen and oxygen atoms in total. The van der Waals surface area contributed by atoms with Crippen LogP contribution in [0.1, 0.15) is 27.9 Å². The molecule has 0 fully saturated rings. The zero-order valence-corrected chi connectivity index (χ0v) is 19.7. The topological polar surface area (TPSA) is 102 Å². The van der Waals surface area contributed by atoms with E-state index in [-0.39, 0.29) is 22.2 Å². The van der Waals surface area contributed by atoms with E-state index >= 15 is 0 Å². The number of hydrogen-bond acceptors (Lipinski definition) is 8. The molecule has 1 unspecified atom stereocenters. The summed E-state index contributed by atoms with van der Waals surface area (Å²) < 4.78 is 30.8. The number of nitrogens with zero attached hydrogens (tertiary/aromatic N) is 2. The molecule has 0 spiro atoms. The van der Waals surface area contributed by atoms with Crippen LogP contribution in [0, 0.1) is 12.7 Å². The van der Waals surface area contributed by atoms with Gasteiger partial charge in [0.05, 0.1) is 30.0 Å². The molecule has 0 aliphatic carbocycles. The molecule has 0 bridgehead atoms. The highest BCUT2D eigenvalue weighted by Gasteiger charge is 2.47. The predicted octanol–water partition coefficient (Wildman–Crippen LogP) is 5.14. The van der Waals surface area contributed by atoms with E-state index in [2.05, 4.69) is 4.98 Å². The molecule has 3 heterocycles. The Morgan fingerprint density at radius 3 is 2.66 bits per heavy atom. The molecule has 35 heavy (non-hydrogen) atoms. The first-order chi connectivity index (χ1) is 16.8. The first-order valence-electron chi connectivity index (χ1n) is 10.5. The van der Waals surface area contributed by atoms with Crippen molar-refractivity contribution in [2.75, 3.05) is 19.1 Å². The number of benzene rings is 2. The van der Waals surface area contributed by atoms with Crippen molar-refractivity contribution in [1.82, 2.24) is 4.98 Å². The van der Waals surface area contributed by atoms with Gasteiger partial charge in [-0.3, -0.25) is 14.5 Å². The molecule has 1 aliphatic rings. The van der Waals surface area contributed by atoms with Crippen LogP contribution >= 0.6 is 11.3 Å². The summed E-state index contributed by atoms with van der Waals surface area (Å²) in [5.74, 6) is -1.55. The molecule has 0 radical (unpaired) electrons. The average molecular weight is 495 g/mol. The number of Topliss-reactive ketones (excluding diaryl/α,β-unsaturated/α-hetero) is 1.